The normalized spacial score (nSPS) is 11.8. The molecule has 0 saturated carbocycles. The minimum atomic E-state index is -4.20. The minimum absolute atomic E-state index is 0.0242. The Kier molecular flexibility index (Phi) is 12.0. The SMILES string of the molecule is CCCNC(=O)C(Cc1ccccc1)N(Cc1cccc(C)c1)C(=O)CN(c1ccc(C)cc1)S(=O)(=O)c1ccc(OCC)cc1. The maximum Gasteiger partial charge on any atom is 0.264 e. The number of carbonyl (C=O) groups is 2. The monoisotopic (exact) mass is 641 g/mol. The Hall–Kier alpha value is -4.63. The van der Waals surface area contributed by atoms with Gasteiger partial charge in [-0.25, -0.2) is 8.42 Å². The van der Waals surface area contributed by atoms with Gasteiger partial charge in [-0.15, -0.1) is 0 Å². The summed E-state index contributed by atoms with van der Waals surface area (Å²) in [6.07, 6.45) is 1.00. The Morgan fingerprint density at radius 1 is 0.804 bits per heavy atom. The highest BCUT2D eigenvalue weighted by atomic mass is 32.2. The number of benzene rings is 4. The molecule has 0 fully saturated rings. The zero-order valence-corrected chi connectivity index (χ0v) is 27.8. The van der Waals surface area contributed by atoms with E-state index in [4.69, 9.17) is 4.74 Å². The van der Waals surface area contributed by atoms with Crippen molar-refractivity contribution in [2.75, 3.05) is 24.0 Å². The van der Waals surface area contributed by atoms with Crippen LogP contribution < -0.4 is 14.4 Å². The maximum atomic E-state index is 14.5. The number of nitrogens with zero attached hydrogens (tertiary/aromatic N) is 2. The average molecular weight is 642 g/mol. The summed E-state index contributed by atoms with van der Waals surface area (Å²) in [5.41, 5.74) is 4.03. The first kappa shape index (κ1) is 34.2. The smallest absolute Gasteiger partial charge is 0.264 e. The van der Waals surface area contributed by atoms with Gasteiger partial charge in [0.05, 0.1) is 17.2 Å². The molecule has 242 valence electrons. The number of ether oxygens (including phenoxy) is 1. The number of aryl methyl sites for hydroxylation is 2. The summed E-state index contributed by atoms with van der Waals surface area (Å²) >= 11 is 0. The summed E-state index contributed by atoms with van der Waals surface area (Å²) in [6, 6.07) is 29.6. The number of nitrogens with one attached hydrogen (secondary N) is 1. The molecule has 0 aromatic heterocycles. The van der Waals surface area contributed by atoms with Crippen molar-refractivity contribution < 1.29 is 22.7 Å². The largest absolute Gasteiger partial charge is 0.494 e. The van der Waals surface area contributed by atoms with Gasteiger partial charge >= 0.3 is 0 Å². The van der Waals surface area contributed by atoms with Gasteiger partial charge < -0.3 is 15.0 Å². The Bertz CT molecular complexity index is 1690. The molecule has 0 heterocycles. The zero-order chi connectivity index (χ0) is 33.1. The van der Waals surface area contributed by atoms with Gasteiger partial charge in [0.15, 0.2) is 0 Å². The quantitative estimate of drug-likeness (QED) is 0.170. The molecule has 4 aromatic rings. The van der Waals surface area contributed by atoms with Crippen LogP contribution in [0.25, 0.3) is 0 Å². The van der Waals surface area contributed by atoms with Crippen LogP contribution in [0, 0.1) is 13.8 Å². The molecule has 46 heavy (non-hydrogen) atoms. The third-order valence-corrected chi connectivity index (χ3v) is 9.37. The molecule has 8 nitrogen and oxygen atoms in total. The number of rotatable bonds is 15. The zero-order valence-electron chi connectivity index (χ0n) is 27.0. The second-order valence-corrected chi connectivity index (χ2v) is 13.1. The lowest BCUT2D eigenvalue weighted by Gasteiger charge is -2.34. The summed E-state index contributed by atoms with van der Waals surface area (Å²) in [5.74, 6) is -0.238. The summed E-state index contributed by atoms with van der Waals surface area (Å²) in [7, 11) is -4.20. The van der Waals surface area contributed by atoms with Crippen molar-refractivity contribution in [3.05, 3.63) is 125 Å². The molecule has 1 N–H and O–H groups in total. The van der Waals surface area contributed by atoms with Crippen LogP contribution in [-0.4, -0.2) is 50.9 Å². The summed E-state index contributed by atoms with van der Waals surface area (Å²) < 4.78 is 35.1. The van der Waals surface area contributed by atoms with Gasteiger partial charge in [-0.05, 0) is 74.7 Å². The molecular weight excluding hydrogens is 598 g/mol. The number of amides is 2. The van der Waals surface area contributed by atoms with Crippen molar-refractivity contribution >= 4 is 27.5 Å². The fourth-order valence-corrected chi connectivity index (χ4v) is 6.58. The molecule has 1 unspecified atom stereocenters. The van der Waals surface area contributed by atoms with Crippen LogP contribution >= 0.6 is 0 Å². The highest BCUT2D eigenvalue weighted by molar-refractivity contribution is 7.92. The van der Waals surface area contributed by atoms with Crippen molar-refractivity contribution in [2.45, 2.75) is 58.0 Å². The molecule has 0 saturated heterocycles. The van der Waals surface area contributed by atoms with E-state index in [2.05, 4.69) is 5.32 Å². The van der Waals surface area contributed by atoms with Gasteiger partial charge in [0.1, 0.15) is 18.3 Å². The van der Waals surface area contributed by atoms with E-state index in [0.717, 1.165) is 33.0 Å². The molecule has 2 amide bonds. The predicted molar refractivity (Wildman–Crippen MR) is 182 cm³/mol. The topological polar surface area (TPSA) is 96.0 Å². The lowest BCUT2D eigenvalue weighted by Crippen LogP contribution is -2.53. The van der Waals surface area contributed by atoms with E-state index in [1.54, 1.807) is 36.4 Å². The lowest BCUT2D eigenvalue weighted by molar-refractivity contribution is -0.140. The van der Waals surface area contributed by atoms with Gasteiger partial charge in [-0.3, -0.25) is 13.9 Å². The standard InChI is InChI=1S/C37H43N3O5S/c1-5-23-38-37(42)35(25-30-12-8-7-9-13-30)39(26-31-14-10-11-29(4)24-31)36(41)27-40(32-17-15-28(3)16-18-32)46(43,44)34-21-19-33(20-22-34)45-6-2/h7-22,24,35H,5-6,23,25-27H2,1-4H3,(H,38,42). The molecule has 0 aliphatic rings. The van der Waals surface area contributed by atoms with E-state index >= 15 is 0 Å². The number of sulfonamides is 1. The van der Waals surface area contributed by atoms with Gasteiger partial charge in [0.25, 0.3) is 10.0 Å². The number of anilines is 1. The summed E-state index contributed by atoms with van der Waals surface area (Å²) in [6.45, 7) is 8.22. The molecule has 0 bridgehead atoms. The van der Waals surface area contributed by atoms with Crippen LogP contribution in [0.2, 0.25) is 0 Å². The van der Waals surface area contributed by atoms with Crippen molar-refractivity contribution in [1.29, 1.82) is 0 Å². The Morgan fingerprint density at radius 2 is 1.48 bits per heavy atom. The first-order valence-electron chi connectivity index (χ1n) is 15.6. The second-order valence-electron chi connectivity index (χ2n) is 11.3. The number of carbonyl (C=O) groups excluding carboxylic acids is 2. The van der Waals surface area contributed by atoms with Crippen molar-refractivity contribution in [2.24, 2.45) is 0 Å². The van der Waals surface area contributed by atoms with E-state index in [-0.39, 0.29) is 23.8 Å². The van der Waals surface area contributed by atoms with Crippen LogP contribution in [0.5, 0.6) is 5.75 Å². The Morgan fingerprint density at radius 3 is 2.11 bits per heavy atom. The molecule has 1 atom stereocenters. The maximum absolute atomic E-state index is 14.5. The van der Waals surface area contributed by atoms with Crippen LogP contribution in [0.1, 0.15) is 42.5 Å². The number of hydrogen-bond acceptors (Lipinski definition) is 5. The highest BCUT2D eigenvalue weighted by Crippen LogP contribution is 2.27. The summed E-state index contributed by atoms with van der Waals surface area (Å²) in [5, 5.41) is 2.97. The van der Waals surface area contributed by atoms with Gasteiger partial charge in [-0.2, -0.15) is 0 Å². The minimum Gasteiger partial charge on any atom is -0.494 e. The van der Waals surface area contributed by atoms with Crippen LogP contribution in [0.4, 0.5) is 5.69 Å². The van der Waals surface area contributed by atoms with Crippen LogP contribution in [0.15, 0.2) is 108 Å². The van der Waals surface area contributed by atoms with Gasteiger partial charge in [0.2, 0.25) is 11.8 Å². The van der Waals surface area contributed by atoms with Crippen molar-refractivity contribution in [3.63, 3.8) is 0 Å². The van der Waals surface area contributed by atoms with E-state index in [9.17, 15) is 18.0 Å². The number of hydrogen-bond donors (Lipinski definition) is 1. The van der Waals surface area contributed by atoms with Crippen LogP contribution in [0.3, 0.4) is 0 Å². The Labute approximate surface area is 273 Å². The molecule has 9 heteroatoms. The molecule has 0 aliphatic heterocycles. The van der Waals surface area contributed by atoms with E-state index < -0.39 is 28.5 Å². The second kappa shape index (κ2) is 16.1. The molecular formula is C37H43N3O5S. The third kappa shape index (κ3) is 8.97. The van der Waals surface area contributed by atoms with E-state index in [1.165, 1.54) is 17.0 Å². The van der Waals surface area contributed by atoms with E-state index in [0.29, 0.717) is 24.6 Å². The predicted octanol–water partition coefficient (Wildman–Crippen LogP) is 6.06. The summed E-state index contributed by atoms with van der Waals surface area (Å²) in [4.78, 5) is 29.8. The average Bonchev–Trinajstić information content (AvgIpc) is 3.05. The Balaban J connectivity index is 1.78. The molecule has 0 aliphatic carbocycles. The third-order valence-electron chi connectivity index (χ3n) is 7.58. The van der Waals surface area contributed by atoms with Gasteiger partial charge in [0, 0.05) is 19.5 Å². The van der Waals surface area contributed by atoms with Crippen LogP contribution in [-0.2, 0) is 32.6 Å². The van der Waals surface area contributed by atoms with Crippen molar-refractivity contribution in [3.8, 4) is 5.75 Å². The fraction of sp³-hybridized carbons (Fsp3) is 0.297. The van der Waals surface area contributed by atoms with E-state index in [1.807, 2.05) is 82.3 Å². The van der Waals surface area contributed by atoms with Gasteiger partial charge in [-0.1, -0.05) is 84.8 Å². The van der Waals surface area contributed by atoms with Crippen molar-refractivity contribution in [1.82, 2.24) is 10.2 Å². The molecule has 0 spiro atoms. The first-order chi connectivity index (χ1) is 22.1. The molecule has 4 aromatic carbocycles. The highest BCUT2D eigenvalue weighted by Gasteiger charge is 2.34. The molecule has 4 rings (SSSR count). The molecule has 0 radical (unpaired) electrons. The first-order valence-corrected chi connectivity index (χ1v) is 17.0. The lowest BCUT2D eigenvalue weighted by atomic mass is 10.0. The fourth-order valence-electron chi connectivity index (χ4n) is 5.17.